The largest absolute Gasteiger partial charge is 0.346 e. The third-order valence-corrected chi connectivity index (χ3v) is 5.93. The minimum Gasteiger partial charge on any atom is -0.346 e. The van der Waals surface area contributed by atoms with Crippen LogP contribution in [0.4, 0.5) is 9.52 Å². The molecule has 0 radical (unpaired) electrons. The molecule has 6 nitrogen and oxygen atoms in total. The van der Waals surface area contributed by atoms with Crippen molar-refractivity contribution in [2.45, 2.75) is 18.9 Å². The molecule has 0 saturated carbocycles. The van der Waals surface area contributed by atoms with Gasteiger partial charge in [0.25, 0.3) is 5.91 Å². The summed E-state index contributed by atoms with van der Waals surface area (Å²) in [5.41, 5.74) is 1.02. The maximum Gasteiger partial charge on any atom is 0.257 e. The standard InChI is InChI=1S/C18H20FN5OS/c1-22-10-12(9-20-22)17(25)23(2)13-5-4-8-24(11-13)18-21-16-14(19)6-3-7-15(16)26-18/h3,6-7,9-10,13H,4-5,8,11H2,1-2H3. The van der Waals surface area contributed by atoms with E-state index in [4.69, 9.17) is 0 Å². The van der Waals surface area contributed by atoms with Crippen LogP contribution in [0.15, 0.2) is 30.6 Å². The topological polar surface area (TPSA) is 54.3 Å². The van der Waals surface area contributed by atoms with E-state index in [-0.39, 0.29) is 17.8 Å². The molecule has 0 bridgehead atoms. The number of rotatable bonds is 3. The van der Waals surface area contributed by atoms with Crippen LogP contribution in [0.2, 0.25) is 0 Å². The van der Waals surface area contributed by atoms with Gasteiger partial charge in [0.05, 0.1) is 16.5 Å². The van der Waals surface area contributed by atoms with E-state index in [2.05, 4.69) is 15.0 Å². The number of halogens is 1. The number of hydrogen-bond donors (Lipinski definition) is 0. The summed E-state index contributed by atoms with van der Waals surface area (Å²) in [7, 11) is 3.63. The molecule has 0 N–H and O–H groups in total. The van der Waals surface area contributed by atoms with Gasteiger partial charge in [0, 0.05) is 39.4 Å². The van der Waals surface area contributed by atoms with Gasteiger partial charge in [-0.2, -0.15) is 5.10 Å². The zero-order chi connectivity index (χ0) is 18.3. The van der Waals surface area contributed by atoms with Gasteiger partial charge < -0.3 is 9.80 Å². The summed E-state index contributed by atoms with van der Waals surface area (Å²) in [6, 6.07) is 5.12. The number of aromatic nitrogens is 3. The zero-order valence-electron chi connectivity index (χ0n) is 14.7. The number of carbonyl (C=O) groups excluding carboxylic acids is 1. The molecule has 1 aromatic carbocycles. The van der Waals surface area contributed by atoms with Gasteiger partial charge in [0.1, 0.15) is 11.3 Å². The lowest BCUT2D eigenvalue weighted by molar-refractivity contribution is 0.0717. The molecule has 4 rings (SSSR count). The Bertz CT molecular complexity index is 952. The van der Waals surface area contributed by atoms with Crippen molar-refractivity contribution in [3.63, 3.8) is 0 Å². The quantitative estimate of drug-likeness (QED) is 0.708. The molecule has 1 saturated heterocycles. The van der Waals surface area contributed by atoms with Gasteiger partial charge in [0.2, 0.25) is 0 Å². The monoisotopic (exact) mass is 373 g/mol. The predicted molar refractivity (Wildman–Crippen MR) is 100 cm³/mol. The van der Waals surface area contributed by atoms with E-state index in [9.17, 15) is 9.18 Å². The van der Waals surface area contributed by atoms with Gasteiger partial charge in [-0.25, -0.2) is 9.37 Å². The number of likely N-dealkylation sites (N-methyl/N-ethyl adjacent to an activating group) is 1. The summed E-state index contributed by atoms with van der Waals surface area (Å²) in [5, 5.41) is 4.89. The number of amides is 1. The molecule has 0 aliphatic carbocycles. The summed E-state index contributed by atoms with van der Waals surface area (Å²) in [6.07, 6.45) is 5.23. The van der Waals surface area contributed by atoms with Crippen molar-refractivity contribution in [2.75, 3.05) is 25.0 Å². The van der Waals surface area contributed by atoms with Crippen LogP contribution in [0.5, 0.6) is 0 Å². The number of hydrogen-bond acceptors (Lipinski definition) is 5. The van der Waals surface area contributed by atoms with Crippen LogP contribution in [0.25, 0.3) is 10.2 Å². The highest BCUT2D eigenvalue weighted by Gasteiger charge is 2.28. The first-order valence-electron chi connectivity index (χ1n) is 8.59. The van der Waals surface area contributed by atoms with Crippen LogP contribution in [0.1, 0.15) is 23.2 Å². The Morgan fingerprint density at radius 1 is 1.42 bits per heavy atom. The van der Waals surface area contributed by atoms with E-state index >= 15 is 0 Å². The fourth-order valence-corrected chi connectivity index (χ4v) is 4.40. The van der Waals surface area contributed by atoms with E-state index in [0.717, 1.165) is 29.2 Å². The van der Waals surface area contributed by atoms with Crippen LogP contribution < -0.4 is 4.90 Å². The van der Waals surface area contributed by atoms with Gasteiger partial charge in [-0.1, -0.05) is 17.4 Å². The van der Waals surface area contributed by atoms with Gasteiger partial charge in [-0.05, 0) is 25.0 Å². The normalized spacial score (nSPS) is 17.7. The number of anilines is 1. The number of aryl methyl sites for hydroxylation is 1. The molecule has 1 aliphatic heterocycles. The molecule has 1 amide bonds. The average molecular weight is 373 g/mol. The number of thiazole rings is 1. The Hall–Kier alpha value is -2.48. The third kappa shape index (κ3) is 3.05. The van der Waals surface area contributed by atoms with Gasteiger partial charge >= 0.3 is 0 Å². The van der Waals surface area contributed by atoms with Crippen molar-refractivity contribution in [1.29, 1.82) is 0 Å². The molecule has 26 heavy (non-hydrogen) atoms. The Kier molecular flexibility index (Phi) is 4.36. The van der Waals surface area contributed by atoms with Crippen molar-refractivity contribution in [2.24, 2.45) is 7.05 Å². The van der Waals surface area contributed by atoms with Gasteiger partial charge in [0.15, 0.2) is 5.13 Å². The van der Waals surface area contributed by atoms with E-state index < -0.39 is 0 Å². The SMILES string of the molecule is CN(C(=O)c1cnn(C)c1)C1CCCN(c2nc3c(F)cccc3s2)C1. The van der Waals surface area contributed by atoms with Crippen LogP contribution in [0, 0.1) is 5.82 Å². The van der Waals surface area contributed by atoms with E-state index in [1.54, 1.807) is 35.1 Å². The van der Waals surface area contributed by atoms with Gasteiger partial charge in [-0.15, -0.1) is 0 Å². The first-order valence-corrected chi connectivity index (χ1v) is 9.40. The second-order valence-corrected chi connectivity index (χ2v) is 7.65. The highest BCUT2D eigenvalue weighted by atomic mass is 32.1. The summed E-state index contributed by atoms with van der Waals surface area (Å²) in [6.45, 7) is 1.57. The highest BCUT2D eigenvalue weighted by molar-refractivity contribution is 7.22. The van der Waals surface area contributed by atoms with Crippen LogP contribution in [0.3, 0.4) is 0 Å². The molecule has 1 aliphatic rings. The fraction of sp³-hybridized carbons (Fsp3) is 0.389. The summed E-state index contributed by atoms with van der Waals surface area (Å²) >= 11 is 1.50. The van der Waals surface area contributed by atoms with Gasteiger partial charge in [-0.3, -0.25) is 9.48 Å². The molecule has 1 atom stereocenters. The van der Waals surface area contributed by atoms with Crippen molar-refractivity contribution >= 4 is 32.6 Å². The minimum absolute atomic E-state index is 0.0275. The zero-order valence-corrected chi connectivity index (χ0v) is 15.5. The number of piperidine rings is 1. The number of para-hydroxylation sites is 1. The number of carbonyl (C=O) groups is 1. The lowest BCUT2D eigenvalue weighted by Gasteiger charge is -2.37. The lowest BCUT2D eigenvalue weighted by atomic mass is 10.0. The maximum atomic E-state index is 13.9. The molecular formula is C18H20FN5OS. The molecule has 1 unspecified atom stereocenters. The maximum absolute atomic E-state index is 13.9. The average Bonchev–Trinajstić information content (AvgIpc) is 3.28. The highest BCUT2D eigenvalue weighted by Crippen LogP contribution is 2.32. The number of benzene rings is 1. The molecule has 3 heterocycles. The Morgan fingerprint density at radius 3 is 3.00 bits per heavy atom. The molecule has 136 valence electrons. The predicted octanol–water partition coefficient (Wildman–Crippen LogP) is 2.91. The molecular weight excluding hydrogens is 353 g/mol. The Morgan fingerprint density at radius 2 is 2.27 bits per heavy atom. The van der Waals surface area contributed by atoms with Crippen LogP contribution in [-0.2, 0) is 7.05 Å². The summed E-state index contributed by atoms with van der Waals surface area (Å²) in [5.74, 6) is -0.317. The third-order valence-electron chi connectivity index (χ3n) is 4.85. The fourth-order valence-electron chi connectivity index (χ4n) is 3.38. The lowest BCUT2D eigenvalue weighted by Crippen LogP contribution is -2.48. The first kappa shape index (κ1) is 17.0. The smallest absolute Gasteiger partial charge is 0.257 e. The Labute approximate surface area is 154 Å². The number of nitrogens with zero attached hydrogens (tertiary/aromatic N) is 5. The van der Waals surface area contributed by atoms with Crippen molar-refractivity contribution in [3.05, 3.63) is 42.0 Å². The molecule has 8 heteroatoms. The second kappa shape index (κ2) is 6.68. The Balaban J connectivity index is 1.53. The van der Waals surface area contributed by atoms with Crippen molar-refractivity contribution in [1.82, 2.24) is 19.7 Å². The van der Waals surface area contributed by atoms with Crippen LogP contribution >= 0.6 is 11.3 Å². The molecule has 1 fully saturated rings. The van der Waals surface area contributed by atoms with Crippen LogP contribution in [-0.4, -0.2) is 51.8 Å². The first-order chi connectivity index (χ1) is 12.5. The molecule has 2 aromatic heterocycles. The minimum atomic E-state index is -0.289. The van der Waals surface area contributed by atoms with Crippen molar-refractivity contribution in [3.8, 4) is 0 Å². The summed E-state index contributed by atoms with van der Waals surface area (Å²) in [4.78, 5) is 21.1. The molecule has 0 spiro atoms. The van der Waals surface area contributed by atoms with E-state index in [0.29, 0.717) is 17.6 Å². The van der Waals surface area contributed by atoms with Crippen molar-refractivity contribution < 1.29 is 9.18 Å². The molecule has 3 aromatic rings. The van der Waals surface area contributed by atoms with E-state index in [1.807, 2.05) is 13.1 Å². The number of fused-ring (bicyclic) bond motifs is 1. The van der Waals surface area contributed by atoms with E-state index in [1.165, 1.54) is 17.4 Å². The summed E-state index contributed by atoms with van der Waals surface area (Å²) < 4.78 is 16.4. The second-order valence-electron chi connectivity index (χ2n) is 6.64.